The molecule has 0 amide bonds. The van der Waals surface area contributed by atoms with Gasteiger partial charge in [0, 0.05) is 25.7 Å². The van der Waals surface area contributed by atoms with E-state index in [2.05, 4.69) is 18.7 Å². The molecule has 20 heavy (non-hydrogen) atoms. The van der Waals surface area contributed by atoms with Crippen molar-refractivity contribution in [2.45, 2.75) is 83.8 Å². The zero-order chi connectivity index (χ0) is 14.6. The highest BCUT2D eigenvalue weighted by Gasteiger charge is 2.22. The topological polar surface area (TPSA) is 38.5 Å². The van der Waals surface area contributed by atoms with E-state index in [-0.39, 0.29) is 0 Å². The number of ether oxygens (including phenoxy) is 1. The van der Waals surface area contributed by atoms with Crippen LogP contribution in [0.4, 0.5) is 0 Å². The molecule has 1 aliphatic rings. The van der Waals surface area contributed by atoms with E-state index in [1.54, 1.807) is 0 Å². The van der Waals surface area contributed by atoms with Crippen LogP contribution in [0.3, 0.4) is 0 Å². The molecule has 0 bridgehead atoms. The summed E-state index contributed by atoms with van der Waals surface area (Å²) in [6, 6.07) is 0.751. The van der Waals surface area contributed by atoms with Gasteiger partial charge in [-0.15, -0.1) is 0 Å². The predicted molar refractivity (Wildman–Crippen MR) is 87.1 cm³/mol. The third-order valence-electron chi connectivity index (χ3n) is 4.53. The molecule has 0 aliphatic carbocycles. The first-order valence-corrected chi connectivity index (χ1v) is 8.83. The number of hydrogen-bond acceptors (Lipinski definition) is 3. The second-order valence-electron chi connectivity index (χ2n) is 6.30. The molecule has 0 aromatic carbocycles. The molecule has 120 valence electrons. The number of nitrogens with two attached hydrogens (primary N) is 1. The number of unbranched alkanes of at least 4 members (excludes halogenated alkanes) is 4. The van der Waals surface area contributed by atoms with Gasteiger partial charge in [0.2, 0.25) is 0 Å². The summed E-state index contributed by atoms with van der Waals surface area (Å²) in [4.78, 5) is 2.66. The van der Waals surface area contributed by atoms with Crippen molar-refractivity contribution in [3.8, 4) is 0 Å². The number of hydrogen-bond donors (Lipinski definition) is 1. The molecule has 1 fully saturated rings. The fourth-order valence-corrected chi connectivity index (χ4v) is 3.04. The summed E-state index contributed by atoms with van der Waals surface area (Å²) in [7, 11) is 0. The number of rotatable bonds is 11. The lowest BCUT2D eigenvalue weighted by Crippen LogP contribution is -2.42. The van der Waals surface area contributed by atoms with Crippen molar-refractivity contribution >= 4 is 0 Å². The number of piperidine rings is 1. The minimum atomic E-state index is 0.481. The van der Waals surface area contributed by atoms with Gasteiger partial charge in [-0.3, -0.25) is 0 Å². The Morgan fingerprint density at radius 2 is 1.80 bits per heavy atom. The van der Waals surface area contributed by atoms with Gasteiger partial charge in [-0.05, 0) is 39.2 Å². The van der Waals surface area contributed by atoms with E-state index < -0.39 is 0 Å². The van der Waals surface area contributed by atoms with Crippen molar-refractivity contribution in [1.82, 2.24) is 4.90 Å². The van der Waals surface area contributed by atoms with Crippen molar-refractivity contribution in [2.75, 3.05) is 26.2 Å². The smallest absolute Gasteiger partial charge is 0.0599 e. The average molecular weight is 284 g/mol. The third kappa shape index (κ3) is 7.61. The highest BCUT2D eigenvalue weighted by molar-refractivity contribution is 4.76. The first-order valence-electron chi connectivity index (χ1n) is 8.83. The Kier molecular flexibility index (Phi) is 10.3. The van der Waals surface area contributed by atoms with E-state index >= 15 is 0 Å². The molecule has 1 rings (SSSR count). The summed E-state index contributed by atoms with van der Waals surface area (Å²) in [5, 5.41) is 0. The molecule has 0 aromatic rings. The molecule has 2 N–H and O–H groups in total. The van der Waals surface area contributed by atoms with E-state index in [4.69, 9.17) is 10.5 Å². The first kappa shape index (κ1) is 17.9. The second kappa shape index (κ2) is 11.5. The van der Waals surface area contributed by atoms with Crippen molar-refractivity contribution in [3.63, 3.8) is 0 Å². The van der Waals surface area contributed by atoms with Gasteiger partial charge in [0.15, 0.2) is 0 Å². The lowest BCUT2D eigenvalue weighted by atomic mass is 10.0. The Morgan fingerprint density at radius 3 is 2.45 bits per heavy atom. The van der Waals surface area contributed by atoms with Crippen LogP contribution in [-0.2, 0) is 4.74 Å². The summed E-state index contributed by atoms with van der Waals surface area (Å²) in [6.07, 6.45) is 12.2. The van der Waals surface area contributed by atoms with Gasteiger partial charge < -0.3 is 15.4 Å². The SMILES string of the molecule is CCCCCCCC(C)N1CCC(OCCCN)CC1. The minimum Gasteiger partial charge on any atom is -0.378 e. The molecule has 1 heterocycles. The van der Waals surface area contributed by atoms with Crippen LogP contribution in [0.15, 0.2) is 0 Å². The van der Waals surface area contributed by atoms with Gasteiger partial charge in [-0.2, -0.15) is 0 Å². The van der Waals surface area contributed by atoms with Gasteiger partial charge in [-0.1, -0.05) is 39.0 Å². The highest BCUT2D eigenvalue weighted by atomic mass is 16.5. The van der Waals surface area contributed by atoms with Crippen LogP contribution < -0.4 is 5.73 Å². The summed E-state index contributed by atoms with van der Waals surface area (Å²) < 4.78 is 5.87. The quantitative estimate of drug-likeness (QED) is 0.590. The van der Waals surface area contributed by atoms with Crippen LogP contribution in [0, 0.1) is 0 Å². The molecular weight excluding hydrogens is 248 g/mol. The van der Waals surface area contributed by atoms with E-state index in [1.807, 2.05) is 0 Å². The maximum atomic E-state index is 5.87. The number of likely N-dealkylation sites (tertiary alicyclic amines) is 1. The lowest BCUT2D eigenvalue weighted by molar-refractivity contribution is -0.00142. The molecule has 3 heteroatoms. The zero-order valence-electron chi connectivity index (χ0n) is 13.8. The molecule has 1 saturated heterocycles. The molecule has 3 nitrogen and oxygen atoms in total. The van der Waals surface area contributed by atoms with Crippen LogP contribution >= 0.6 is 0 Å². The Morgan fingerprint density at radius 1 is 1.10 bits per heavy atom. The Balaban J connectivity index is 2.04. The van der Waals surface area contributed by atoms with Gasteiger partial charge in [0.25, 0.3) is 0 Å². The maximum absolute atomic E-state index is 5.87. The van der Waals surface area contributed by atoms with E-state index in [0.29, 0.717) is 6.10 Å². The van der Waals surface area contributed by atoms with Crippen molar-refractivity contribution < 1.29 is 4.74 Å². The van der Waals surface area contributed by atoms with Crippen molar-refractivity contribution in [2.24, 2.45) is 5.73 Å². The van der Waals surface area contributed by atoms with Gasteiger partial charge >= 0.3 is 0 Å². The van der Waals surface area contributed by atoms with E-state index in [0.717, 1.165) is 25.6 Å². The van der Waals surface area contributed by atoms with Gasteiger partial charge in [0.1, 0.15) is 0 Å². The van der Waals surface area contributed by atoms with Crippen LogP contribution in [0.25, 0.3) is 0 Å². The van der Waals surface area contributed by atoms with Crippen LogP contribution in [-0.4, -0.2) is 43.3 Å². The third-order valence-corrected chi connectivity index (χ3v) is 4.53. The second-order valence-corrected chi connectivity index (χ2v) is 6.30. The molecule has 0 spiro atoms. The van der Waals surface area contributed by atoms with E-state index in [1.165, 1.54) is 64.5 Å². The zero-order valence-corrected chi connectivity index (χ0v) is 13.8. The Bertz CT molecular complexity index is 215. The van der Waals surface area contributed by atoms with Crippen LogP contribution in [0.1, 0.15) is 71.6 Å². The highest BCUT2D eigenvalue weighted by Crippen LogP contribution is 2.19. The molecule has 1 unspecified atom stereocenters. The van der Waals surface area contributed by atoms with Crippen molar-refractivity contribution in [1.29, 1.82) is 0 Å². The fourth-order valence-electron chi connectivity index (χ4n) is 3.04. The average Bonchev–Trinajstić information content (AvgIpc) is 2.48. The molecule has 0 radical (unpaired) electrons. The fraction of sp³-hybridized carbons (Fsp3) is 1.00. The monoisotopic (exact) mass is 284 g/mol. The Hall–Kier alpha value is -0.120. The molecule has 1 aliphatic heterocycles. The Labute approximate surface area is 126 Å². The summed E-state index contributed by atoms with van der Waals surface area (Å²) in [5.41, 5.74) is 5.49. The number of nitrogens with zero attached hydrogens (tertiary/aromatic N) is 1. The molecule has 0 aromatic heterocycles. The molecule has 1 atom stereocenters. The first-order chi connectivity index (χ1) is 9.77. The normalized spacial score (nSPS) is 19.4. The largest absolute Gasteiger partial charge is 0.378 e. The van der Waals surface area contributed by atoms with Gasteiger partial charge in [0.05, 0.1) is 6.10 Å². The predicted octanol–water partition coefficient (Wildman–Crippen LogP) is 3.57. The lowest BCUT2D eigenvalue weighted by Gasteiger charge is -2.36. The maximum Gasteiger partial charge on any atom is 0.0599 e. The van der Waals surface area contributed by atoms with Gasteiger partial charge in [-0.25, -0.2) is 0 Å². The van der Waals surface area contributed by atoms with E-state index in [9.17, 15) is 0 Å². The minimum absolute atomic E-state index is 0.481. The standard InChI is InChI=1S/C17H36N2O/c1-3-4-5-6-7-9-16(2)19-13-10-17(11-14-19)20-15-8-12-18/h16-17H,3-15,18H2,1-2H3. The molecule has 0 saturated carbocycles. The summed E-state index contributed by atoms with van der Waals surface area (Å²) >= 11 is 0. The summed E-state index contributed by atoms with van der Waals surface area (Å²) in [5.74, 6) is 0. The van der Waals surface area contributed by atoms with Crippen molar-refractivity contribution in [3.05, 3.63) is 0 Å². The van der Waals surface area contributed by atoms with Crippen LogP contribution in [0.2, 0.25) is 0 Å². The van der Waals surface area contributed by atoms with Crippen LogP contribution in [0.5, 0.6) is 0 Å². The summed E-state index contributed by atoms with van der Waals surface area (Å²) in [6.45, 7) is 8.69. The molecular formula is C17H36N2O.